The number of likely N-dealkylation sites (tertiary alicyclic amines) is 1. The van der Waals surface area contributed by atoms with Crippen LogP contribution < -0.4 is 0 Å². The minimum atomic E-state index is -2.17. The molecule has 0 N–H and O–H groups in total. The van der Waals surface area contributed by atoms with E-state index in [1.165, 1.54) is 0 Å². The Morgan fingerprint density at radius 1 is 1.45 bits per heavy atom. The summed E-state index contributed by atoms with van der Waals surface area (Å²) in [6, 6.07) is 7.75. The van der Waals surface area contributed by atoms with Gasteiger partial charge >= 0.3 is 0 Å². The van der Waals surface area contributed by atoms with Gasteiger partial charge in [0.1, 0.15) is 0 Å². The van der Waals surface area contributed by atoms with Gasteiger partial charge in [0.05, 0.1) is 18.2 Å². The van der Waals surface area contributed by atoms with Crippen molar-refractivity contribution in [2.24, 2.45) is 0 Å². The first-order chi connectivity index (χ1) is 10.7. The van der Waals surface area contributed by atoms with E-state index in [1.54, 1.807) is 13.2 Å². The van der Waals surface area contributed by atoms with E-state index in [9.17, 15) is 14.0 Å². The van der Waals surface area contributed by atoms with Crippen molar-refractivity contribution in [2.45, 2.75) is 24.5 Å². The number of methoxy groups -OCH3 is 1. The van der Waals surface area contributed by atoms with Gasteiger partial charge in [-0.2, -0.15) is 5.26 Å². The van der Waals surface area contributed by atoms with Crippen LogP contribution in [0.25, 0.3) is 0 Å². The summed E-state index contributed by atoms with van der Waals surface area (Å²) in [7, 11) is 1.71. The van der Waals surface area contributed by atoms with E-state index >= 15 is 0 Å². The van der Waals surface area contributed by atoms with Crippen LogP contribution in [-0.2, 0) is 21.6 Å². The molecule has 1 atom stereocenters. The van der Waals surface area contributed by atoms with E-state index in [4.69, 9.17) is 4.74 Å². The average molecular weight is 321 g/mol. The van der Waals surface area contributed by atoms with Gasteiger partial charge in [-0.3, -0.25) is 4.21 Å². The summed E-state index contributed by atoms with van der Waals surface area (Å²) < 4.78 is 27.0. The van der Waals surface area contributed by atoms with E-state index < -0.39 is 11.1 Å². The second kappa shape index (κ2) is 8.39. The van der Waals surface area contributed by atoms with Crippen molar-refractivity contribution in [3.63, 3.8) is 0 Å². The molecule has 1 saturated heterocycles. The van der Waals surface area contributed by atoms with Crippen molar-refractivity contribution < 1.29 is 13.5 Å². The van der Waals surface area contributed by atoms with Crippen LogP contribution in [0.5, 0.6) is 0 Å². The highest BCUT2D eigenvalue weighted by Crippen LogP contribution is 2.31. The molecule has 0 radical (unpaired) electrons. The monoisotopic (exact) mass is 321 g/mol. The second-order valence-electron chi connectivity index (χ2n) is 5.55. The van der Waals surface area contributed by atoms with Gasteiger partial charge in [-0.1, -0.05) is 29.3 Å². The minimum absolute atomic E-state index is 0.0938. The van der Waals surface area contributed by atoms with Gasteiger partial charge in [0, 0.05) is 19.4 Å². The van der Waals surface area contributed by atoms with E-state index in [-0.39, 0.29) is 5.75 Å². The molecule has 5 nitrogen and oxygen atoms in total. The highest BCUT2D eigenvalue weighted by atomic mass is 32.2. The van der Waals surface area contributed by atoms with Crippen molar-refractivity contribution in [3.8, 4) is 6.07 Å². The van der Waals surface area contributed by atoms with Crippen molar-refractivity contribution in [3.05, 3.63) is 34.9 Å². The van der Waals surface area contributed by atoms with Gasteiger partial charge in [-0.25, -0.2) is 0 Å². The first-order valence-corrected chi connectivity index (χ1v) is 8.69. The predicted molar refractivity (Wildman–Crippen MR) is 84.1 cm³/mol. The lowest BCUT2D eigenvalue weighted by Gasteiger charge is -2.32. The molecule has 1 aliphatic heterocycles. The molecule has 0 aliphatic carbocycles. The molecule has 1 unspecified atom stereocenters. The van der Waals surface area contributed by atoms with Crippen LogP contribution in [0.1, 0.15) is 35.4 Å². The number of nitrogens with zero attached hydrogens (tertiary/aromatic N) is 2. The fourth-order valence-corrected chi connectivity index (χ4v) is 3.53. The second-order valence-corrected chi connectivity index (χ2v) is 6.45. The van der Waals surface area contributed by atoms with Gasteiger partial charge in [-0.15, -0.1) is 0 Å². The zero-order valence-corrected chi connectivity index (χ0v) is 13.6. The van der Waals surface area contributed by atoms with Gasteiger partial charge in [-0.05, 0) is 43.0 Å². The molecular weight excluding hydrogens is 300 g/mol. The quantitative estimate of drug-likeness (QED) is 0.746. The van der Waals surface area contributed by atoms with Gasteiger partial charge in [0.2, 0.25) is 0 Å². The lowest BCUT2D eigenvalue weighted by atomic mass is 9.85. The van der Waals surface area contributed by atoms with Crippen LogP contribution >= 0.6 is 0 Å². The zero-order valence-electron chi connectivity index (χ0n) is 12.8. The highest BCUT2D eigenvalue weighted by molar-refractivity contribution is 7.78. The number of piperidine rings is 1. The van der Waals surface area contributed by atoms with E-state index in [0.717, 1.165) is 44.6 Å². The molecule has 1 heterocycles. The SMILES string of the molecule is COCCN1CCC(c2cccc(CS(=O)[O-])c2C#N)CC1. The number of hydrogen-bond donors (Lipinski definition) is 0. The standard InChI is InChI=1S/C16H22N2O3S/c1-21-10-9-18-7-5-13(6-8-18)15-4-2-3-14(12-22(19)20)16(15)11-17/h2-4,13H,5-10,12H2,1H3,(H,19,20)/p-1. The molecule has 2 rings (SSSR count). The Kier molecular flexibility index (Phi) is 6.52. The Bertz CT molecular complexity index is 563. The van der Waals surface area contributed by atoms with Crippen LogP contribution in [0.15, 0.2) is 18.2 Å². The van der Waals surface area contributed by atoms with Gasteiger partial charge < -0.3 is 14.2 Å². The topological polar surface area (TPSA) is 76.4 Å². The zero-order chi connectivity index (χ0) is 15.9. The molecule has 1 aliphatic rings. The van der Waals surface area contributed by atoms with Gasteiger partial charge in [0.25, 0.3) is 0 Å². The Hall–Kier alpha value is -1.26. The molecule has 0 amide bonds. The van der Waals surface area contributed by atoms with Crippen molar-refractivity contribution in [1.82, 2.24) is 4.90 Å². The maximum absolute atomic E-state index is 10.9. The Balaban J connectivity index is 2.10. The van der Waals surface area contributed by atoms with Crippen molar-refractivity contribution in [2.75, 3.05) is 33.4 Å². The normalized spacial score (nSPS) is 18.0. The lowest BCUT2D eigenvalue weighted by molar-refractivity contribution is 0.130. The molecule has 1 aromatic rings. The fraction of sp³-hybridized carbons (Fsp3) is 0.562. The van der Waals surface area contributed by atoms with Crippen LogP contribution in [0, 0.1) is 11.3 Å². The summed E-state index contributed by atoms with van der Waals surface area (Å²) in [5, 5.41) is 9.43. The largest absolute Gasteiger partial charge is 0.772 e. The van der Waals surface area contributed by atoms with Crippen LogP contribution in [0.3, 0.4) is 0 Å². The fourth-order valence-electron chi connectivity index (χ4n) is 3.03. The summed E-state index contributed by atoms with van der Waals surface area (Å²) in [6.45, 7) is 3.63. The highest BCUT2D eigenvalue weighted by Gasteiger charge is 2.23. The maximum Gasteiger partial charge on any atom is 0.0997 e. The third-order valence-corrected chi connectivity index (χ3v) is 4.75. The smallest absolute Gasteiger partial charge is 0.0997 e. The molecular formula is C16H21N2O3S-. The number of rotatable bonds is 6. The number of ether oxygens (including phenoxy) is 1. The van der Waals surface area contributed by atoms with Crippen molar-refractivity contribution >= 4 is 11.1 Å². The average Bonchev–Trinajstić information content (AvgIpc) is 2.52. The predicted octanol–water partition coefficient (Wildman–Crippen LogP) is 1.76. The van der Waals surface area contributed by atoms with Crippen LogP contribution in [0.2, 0.25) is 0 Å². The molecule has 22 heavy (non-hydrogen) atoms. The van der Waals surface area contributed by atoms with Crippen molar-refractivity contribution in [1.29, 1.82) is 5.26 Å². The molecule has 120 valence electrons. The molecule has 1 aromatic carbocycles. The summed E-state index contributed by atoms with van der Waals surface area (Å²) in [5.41, 5.74) is 2.15. The van der Waals surface area contributed by atoms with E-state index in [2.05, 4.69) is 11.0 Å². The Morgan fingerprint density at radius 2 is 2.18 bits per heavy atom. The number of nitriles is 1. The molecule has 0 aromatic heterocycles. The van der Waals surface area contributed by atoms with Crippen LogP contribution in [0.4, 0.5) is 0 Å². The third-order valence-electron chi connectivity index (χ3n) is 4.21. The Labute approximate surface area is 134 Å². The molecule has 1 fully saturated rings. The summed E-state index contributed by atoms with van der Waals surface area (Å²) >= 11 is -2.17. The summed E-state index contributed by atoms with van der Waals surface area (Å²) in [4.78, 5) is 2.36. The lowest BCUT2D eigenvalue weighted by Crippen LogP contribution is -2.35. The summed E-state index contributed by atoms with van der Waals surface area (Å²) in [5.74, 6) is 0.233. The summed E-state index contributed by atoms with van der Waals surface area (Å²) in [6.07, 6.45) is 1.98. The first kappa shape index (κ1) is 17.1. The van der Waals surface area contributed by atoms with E-state index in [0.29, 0.717) is 17.0 Å². The Morgan fingerprint density at radius 3 is 2.77 bits per heavy atom. The third kappa shape index (κ3) is 4.37. The molecule has 6 heteroatoms. The number of benzene rings is 1. The number of hydrogen-bond acceptors (Lipinski definition) is 5. The van der Waals surface area contributed by atoms with Gasteiger partial charge in [0.15, 0.2) is 0 Å². The maximum atomic E-state index is 10.9. The minimum Gasteiger partial charge on any atom is -0.772 e. The van der Waals surface area contributed by atoms with E-state index in [1.807, 2.05) is 12.1 Å². The first-order valence-electron chi connectivity index (χ1n) is 7.44. The molecule has 0 bridgehead atoms. The van der Waals surface area contributed by atoms with Crippen LogP contribution in [-0.4, -0.2) is 47.0 Å². The molecule has 0 saturated carbocycles. The molecule has 0 spiro atoms.